The van der Waals surface area contributed by atoms with Crippen LogP contribution in [0.5, 0.6) is 0 Å². The second-order valence-electron chi connectivity index (χ2n) is 1.52. The molecule has 0 aliphatic carbocycles. The first-order valence-electron chi connectivity index (χ1n) is 2.37. The van der Waals surface area contributed by atoms with Crippen LogP contribution < -0.4 is 0 Å². The molecule has 1 heterocycles. The van der Waals surface area contributed by atoms with Crippen LogP contribution in [0.3, 0.4) is 0 Å². The average Bonchev–Trinajstić information content (AvgIpc) is 1.94. The first-order valence-corrected chi connectivity index (χ1v) is 3.67. The Morgan fingerprint density at radius 2 is 1.78 bits per heavy atom. The van der Waals surface area contributed by atoms with Gasteiger partial charge in [0.2, 0.25) is 0 Å². The van der Waals surface area contributed by atoms with Gasteiger partial charge in [0.15, 0.2) is 0 Å². The van der Waals surface area contributed by atoms with Crippen LogP contribution in [-0.2, 0) is 15.1 Å². The van der Waals surface area contributed by atoms with Crippen LogP contribution in [0.1, 0.15) is 5.56 Å². The second kappa shape index (κ2) is 6.09. The summed E-state index contributed by atoms with van der Waals surface area (Å²) >= 11 is 3.66. The molecular formula is C6H7ClCuN. The third kappa shape index (κ3) is 4.46. The fourth-order valence-corrected chi connectivity index (χ4v) is 0.426. The molecule has 0 unspecified atom stereocenters. The van der Waals surface area contributed by atoms with E-state index in [1.54, 1.807) is 12.4 Å². The Hall–Kier alpha value is -0.0405. The quantitative estimate of drug-likeness (QED) is 0.573. The Bertz CT molecular complexity index is 143. The summed E-state index contributed by atoms with van der Waals surface area (Å²) in [5.74, 6) is 0. The Balaban J connectivity index is 0.000000291. The van der Waals surface area contributed by atoms with Crippen LogP contribution in [0.4, 0.5) is 0 Å². The van der Waals surface area contributed by atoms with E-state index >= 15 is 0 Å². The van der Waals surface area contributed by atoms with E-state index in [0.29, 0.717) is 0 Å². The Labute approximate surface area is 67.5 Å². The van der Waals surface area contributed by atoms with E-state index in [2.05, 4.69) is 30.2 Å². The maximum atomic E-state index is 4.20. The topological polar surface area (TPSA) is 12.9 Å². The zero-order chi connectivity index (χ0) is 7.11. The molecule has 0 saturated heterocycles. The summed E-state index contributed by atoms with van der Waals surface area (Å²) < 4.78 is 0. The molecule has 54 valence electrons. The van der Waals surface area contributed by atoms with Crippen molar-refractivity contribution in [2.45, 2.75) is 6.92 Å². The Morgan fingerprint density at radius 1 is 1.33 bits per heavy atom. The molecule has 0 radical (unpaired) electrons. The van der Waals surface area contributed by atoms with E-state index in [-0.39, 0.29) is 0 Å². The van der Waals surface area contributed by atoms with Crippen LogP contribution in [0.25, 0.3) is 0 Å². The number of aromatic nitrogens is 1. The molecule has 9 heavy (non-hydrogen) atoms. The molecule has 1 aromatic rings. The minimum absolute atomic E-state index is 1.26. The van der Waals surface area contributed by atoms with E-state index < -0.39 is 0 Å². The molecule has 1 aromatic heterocycles. The van der Waals surface area contributed by atoms with E-state index in [4.69, 9.17) is 0 Å². The Morgan fingerprint density at radius 3 is 2.00 bits per heavy atom. The standard InChI is InChI=1S/C6H7N.ClH.Cu/c1-6-2-4-7-5-3-6;;/h2-5H,1H3;1H;/q;;+1/p-1. The van der Waals surface area contributed by atoms with Crippen molar-refractivity contribution in [3.8, 4) is 0 Å². The zero-order valence-corrected chi connectivity index (χ0v) is 6.63. The molecule has 3 heteroatoms. The number of rotatable bonds is 0. The summed E-state index contributed by atoms with van der Waals surface area (Å²) in [5, 5.41) is 0. The van der Waals surface area contributed by atoms with Crippen molar-refractivity contribution < 1.29 is 15.1 Å². The molecule has 1 rings (SSSR count). The van der Waals surface area contributed by atoms with E-state index in [1.807, 2.05) is 19.1 Å². The van der Waals surface area contributed by atoms with Gasteiger partial charge in [-0.25, -0.2) is 0 Å². The molecule has 1 nitrogen and oxygen atoms in total. The SMILES string of the molecule is Cc1ccncc1.[Cl][Cu]. The molecular weight excluding hydrogens is 185 g/mol. The van der Waals surface area contributed by atoms with E-state index in [1.165, 1.54) is 5.56 Å². The molecule has 0 saturated carbocycles. The molecule has 0 bridgehead atoms. The number of nitrogens with zero attached hydrogens (tertiary/aromatic N) is 1. The van der Waals surface area contributed by atoms with Crippen molar-refractivity contribution >= 4 is 10.1 Å². The first-order chi connectivity index (χ1) is 4.39. The molecule has 0 spiro atoms. The Kier molecular flexibility index (Phi) is 6.06. The van der Waals surface area contributed by atoms with Crippen LogP contribution in [0.2, 0.25) is 0 Å². The number of aryl methyl sites for hydroxylation is 1. The third-order valence-electron chi connectivity index (χ3n) is 0.847. The molecule has 0 aliphatic heterocycles. The van der Waals surface area contributed by atoms with Crippen LogP contribution in [0.15, 0.2) is 24.5 Å². The summed E-state index contributed by atoms with van der Waals surface area (Å²) in [6.07, 6.45) is 3.57. The minimum atomic E-state index is 1.26. The second-order valence-corrected chi connectivity index (χ2v) is 1.52. The van der Waals surface area contributed by atoms with Crippen molar-refractivity contribution in [2.24, 2.45) is 0 Å². The first kappa shape index (κ1) is 8.96. The molecule has 0 aromatic carbocycles. The van der Waals surface area contributed by atoms with Crippen molar-refractivity contribution in [3.63, 3.8) is 0 Å². The van der Waals surface area contributed by atoms with Gasteiger partial charge in [0.05, 0.1) is 0 Å². The van der Waals surface area contributed by atoms with Crippen molar-refractivity contribution in [3.05, 3.63) is 30.1 Å². The van der Waals surface area contributed by atoms with Crippen molar-refractivity contribution in [1.29, 1.82) is 0 Å². The number of pyridine rings is 1. The third-order valence-corrected chi connectivity index (χ3v) is 0.847. The van der Waals surface area contributed by atoms with E-state index in [9.17, 15) is 0 Å². The normalized spacial score (nSPS) is 7.56. The summed E-state index contributed by atoms with van der Waals surface area (Å²) in [5.41, 5.74) is 1.26. The van der Waals surface area contributed by atoms with Gasteiger partial charge in [-0.15, -0.1) is 0 Å². The zero-order valence-electron chi connectivity index (χ0n) is 4.94. The molecule has 0 atom stereocenters. The summed E-state index contributed by atoms with van der Waals surface area (Å²) in [6, 6.07) is 3.94. The molecule has 0 amide bonds. The number of hydrogen-bond acceptors (Lipinski definition) is 1. The maximum absolute atomic E-state index is 4.20. The fraction of sp³-hybridized carbons (Fsp3) is 0.167. The van der Waals surface area contributed by atoms with E-state index in [0.717, 1.165) is 0 Å². The summed E-state index contributed by atoms with van der Waals surface area (Å²) in [6.45, 7) is 2.04. The number of hydrogen-bond donors (Lipinski definition) is 0. The fourth-order valence-electron chi connectivity index (χ4n) is 0.426. The van der Waals surface area contributed by atoms with Crippen LogP contribution >= 0.6 is 10.1 Å². The van der Waals surface area contributed by atoms with Gasteiger partial charge >= 0.3 is 25.2 Å². The molecule has 0 N–H and O–H groups in total. The van der Waals surface area contributed by atoms with Gasteiger partial charge in [-0.2, -0.15) is 0 Å². The average molecular weight is 192 g/mol. The van der Waals surface area contributed by atoms with Crippen LogP contribution in [0, 0.1) is 6.92 Å². The van der Waals surface area contributed by atoms with Gasteiger partial charge in [0.25, 0.3) is 0 Å². The molecule has 0 fully saturated rings. The van der Waals surface area contributed by atoms with Gasteiger partial charge in [-0.1, -0.05) is 0 Å². The monoisotopic (exact) mass is 191 g/mol. The van der Waals surface area contributed by atoms with Gasteiger partial charge < -0.3 is 0 Å². The summed E-state index contributed by atoms with van der Waals surface area (Å²) in [7, 11) is 4.20. The van der Waals surface area contributed by atoms with Gasteiger partial charge in [-0.3, -0.25) is 4.98 Å². The van der Waals surface area contributed by atoms with Gasteiger partial charge in [-0.05, 0) is 24.6 Å². The predicted octanol–water partition coefficient (Wildman–Crippen LogP) is 2.08. The van der Waals surface area contributed by atoms with Gasteiger partial charge in [0.1, 0.15) is 0 Å². The van der Waals surface area contributed by atoms with Crippen LogP contribution in [-0.4, -0.2) is 4.98 Å². The molecule has 0 aliphatic rings. The van der Waals surface area contributed by atoms with Crippen molar-refractivity contribution in [1.82, 2.24) is 4.98 Å². The predicted molar refractivity (Wildman–Crippen MR) is 34.8 cm³/mol. The number of halogens is 1. The summed E-state index contributed by atoms with van der Waals surface area (Å²) in [4.78, 5) is 3.85. The van der Waals surface area contributed by atoms with Crippen molar-refractivity contribution in [2.75, 3.05) is 0 Å². The van der Waals surface area contributed by atoms with Gasteiger partial charge in [0, 0.05) is 12.4 Å².